The molecule has 2 N–H and O–H groups in total. The summed E-state index contributed by atoms with van der Waals surface area (Å²) in [4.78, 5) is 11.0. The van der Waals surface area contributed by atoms with E-state index in [1.165, 1.54) is 12.1 Å². The number of carbonyl (C=O) groups is 1. The number of hydrogen-bond acceptors (Lipinski definition) is 4. The van der Waals surface area contributed by atoms with Crippen LogP contribution in [0.3, 0.4) is 0 Å². The molecule has 0 saturated heterocycles. The standard InChI is InChI=1S/C9H18N2O2S2/c1-3-11(4-2)15-10-8(14)6-5-7-9(12)13/h3-7H2,1-2H3,(H,10,14)(H,12,13). The summed E-state index contributed by atoms with van der Waals surface area (Å²) in [6, 6.07) is 0. The summed E-state index contributed by atoms with van der Waals surface area (Å²) in [7, 11) is 0. The molecular formula is C9H18N2O2S2. The van der Waals surface area contributed by atoms with Crippen LogP contribution in [0.25, 0.3) is 0 Å². The molecule has 0 radical (unpaired) electrons. The number of carboxylic acid groups (broad SMARTS) is 1. The maximum absolute atomic E-state index is 10.3. The number of aliphatic carboxylic acids is 1. The Morgan fingerprint density at radius 1 is 1.40 bits per heavy atom. The van der Waals surface area contributed by atoms with Gasteiger partial charge in [-0.2, -0.15) is 0 Å². The highest BCUT2D eigenvalue weighted by molar-refractivity contribution is 7.96. The summed E-state index contributed by atoms with van der Waals surface area (Å²) in [5, 5.41) is 8.44. The molecular weight excluding hydrogens is 232 g/mol. The molecule has 4 nitrogen and oxygen atoms in total. The Morgan fingerprint density at radius 2 is 2.00 bits per heavy atom. The second-order valence-electron chi connectivity index (χ2n) is 2.98. The van der Waals surface area contributed by atoms with Gasteiger partial charge >= 0.3 is 5.97 Å². The lowest BCUT2D eigenvalue weighted by Crippen LogP contribution is -2.23. The maximum Gasteiger partial charge on any atom is 0.303 e. The molecule has 0 aromatic carbocycles. The Hall–Kier alpha value is -0.330. The van der Waals surface area contributed by atoms with Crippen molar-refractivity contribution >= 4 is 35.3 Å². The Morgan fingerprint density at radius 3 is 2.47 bits per heavy atom. The van der Waals surface area contributed by atoms with Gasteiger partial charge in [0.1, 0.15) is 0 Å². The second kappa shape index (κ2) is 8.94. The van der Waals surface area contributed by atoms with Gasteiger partial charge in [0.25, 0.3) is 0 Å². The van der Waals surface area contributed by atoms with E-state index in [1.54, 1.807) is 0 Å². The van der Waals surface area contributed by atoms with Gasteiger partial charge in [0, 0.05) is 31.6 Å². The average Bonchev–Trinajstić information content (AvgIpc) is 2.18. The Balaban J connectivity index is 3.52. The van der Waals surface area contributed by atoms with E-state index in [9.17, 15) is 4.79 Å². The van der Waals surface area contributed by atoms with Gasteiger partial charge in [0.2, 0.25) is 0 Å². The van der Waals surface area contributed by atoms with Crippen LogP contribution in [0, 0.1) is 0 Å². The molecule has 88 valence electrons. The molecule has 0 bridgehead atoms. The number of nitrogens with one attached hydrogen (secondary N) is 1. The smallest absolute Gasteiger partial charge is 0.303 e. The molecule has 15 heavy (non-hydrogen) atoms. The highest BCUT2D eigenvalue weighted by Crippen LogP contribution is 2.06. The van der Waals surface area contributed by atoms with Crippen LogP contribution in [-0.4, -0.2) is 33.5 Å². The van der Waals surface area contributed by atoms with Gasteiger partial charge in [-0.25, -0.2) is 4.31 Å². The molecule has 0 aliphatic carbocycles. The van der Waals surface area contributed by atoms with Gasteiger partial charge in [-0.1, -0.05) is 26.1 Å². The van der Waals surface area contributed by atoms with Crippen molar-refractivity contribution in [1.82, 2.24) is 9.03 Å². The summed E-state index contributed by atoms with van der Waals surface area (Å²) in [5.41, 5.74) is 0. The van der Waals surface area contributed by atoms with Crippen LogP contribution >= 0.6 is 24.4 Å². The lowest BCUT2D eigenvalue weighted by atomic mass is 10.2. The molecule has 0 aliphatic rings. The normalized spacial score (nSPS) is 10.3. The van der Waals surface area contributed by atoms with E-state index in [4.69, 9.17) is 17.3 Å². The highest BCUT2D eigenvalue weighted by Gasteiger charge is 2.03. The van der Waals surface area contributed by atoms with Crippen LogP contribution in [0.2, 0.25) is 0 Å². The molecule has 0 fully saturated rings. The van der Waals surface area contributed by atoms with Gasteiger partial charge in [-0.3, -0.25) is 4.79 Å². The van der Waals surface area contributed by atoms with E-state index in [2.05, 4.69) is 22.9 Å². The largest absolute Gasteiger partial charge is 0.481 e. The van der Waals surface area contributed by atoms with Crippen LogP contribution in [-0.2, 0) is 4.79 Å². The molecule has 0 aromatic rings. The summed E-state index contributed by atoms with van der Waals surface area (Å²) >= 11 is 6.55. The van der Waals surface area contributed by atoms with E-state index in [0.29, 0.717) is 17.8 Å². The van der Waals surface area contributed by atoms with Crippen molar-refractivity contribution in [1.29, 1.82) is 0 Å². The third kappa shape index (κ3) is 8.65. The Labute approximate surface area is 101 Å². The van der Waals surface area contributed by atoms with Crippen LogP contribution < -0.4 is 4.72 Å². The zero-order valence-corrected chi connectivity index (χ0v) is 10.8. The third-order valence-electron chi connectivity index (χ3n) is 1.79. The molecule has 0 unspecified atom stereocenters. The fraction of sp³-hybridized carbons (Fsp3) is 0.778. The number of rotatable bonds is 8. The molecule has 0 heterocycles. The van der Waals surface area contributed by atoms with E-state index in [1.807, 2.05) is 0 Å². The maximum atomic E-state index is 10.3. The molecule has 6 heteroatoms. The van der Waals surface area contributed by atoms with Crippen LogP contribution in [0.4, 0.5) is 0 Å². The predicted molar refractivity (Wildman–Crippen MR) is 67.7 cm³/mol. The van der Waals surface area contributed by atoms with Crippen molar-refractivity contribution in [3.8, 4) is 0 Å². The summed E-state index contributed by atoms with van der Waals surface area (Å²) < 4.78 is 5.17. The van der Waals surface area contributed by atoms with Gasteiger partial charge < -0.3 is 9.83 Å². The SMILES string of the molecule is CCN(CC)SNC(=S)CCCC(=O)O. The molecule has 0 aromatic heterocycles. The lowest BCUT2D eigenvalue weighted by molar-refractivity contribution is -0.137. The average molecular weight is 250 g/mol. The zero-order valence-electron chi connectivity index (χ0n) is 9.15. The molecule has 0 aliphatic heterocycles. The van der Waals surface area contributed by atoms with Crippen LogP contribution in [0.1, 0.15) is 33.1 Å². The Bertz CT molecular complexity index is 208. The van der Waals surface area contributed by atoms with Gasteiger partial charge in [-0.15, -0.1) is 0 Å². The molecule has 0 atom stereocenters. The summed E-state index contributed by atoms with van der Waals surface area (Å²) in [5.74, 6) is -0.769. The monoisotopic (exact) mass is 250 g/mol. The van der Waals surface area contributed by atoms with E-state index >= 15 is 0 Å². The van der Waals surface area contributed by atoms with Crippen molar-refractivity contribution in [2.75, 3.05) is 13.1 Å². The van der Waals surface area contributed by atoms with Gasteiger partial charge in [0.15, 0.2) is 0 Å². The molecule has 0 saturated carbocycles. The number of thiocarbonyl (C=S) groups is 1. The summed E-state index contributed by atoms with van der Waals surface area (Å²) in [6.45, 7) is 6.05. The van der Waals surface area contributed by atoms with E-state index in [0.717, 1.165) is 13.1 Å². The van der Waals surface area contributed by atoms with Crippen molar-refractivity contribution in [3.63, 3.8) is 0 Å². The minimum Gasteiger partial charge on any atom is -0.481 e. The Kier molecular flexibility index (Phi) is 8.74. The number of hydrogen-bond donors (Lipinski definition) is 2. The lowest BCUT2D eigenvalue weighted by Gasteiger charge is -2.17. The van der Waals surface area contributed by atoms with Crippen molar-refractivity contribution in [2.24, 2.45) is 0 Å². The van der Waals surface area contributed by atoms with Crippen LogP contribution in [0.5, 0.6) is 0 Å². The van der Waals surface area contributed by atoms with Crippen LogP contribution in [0.15, 0.2) is 0 Å². The van der Waals surface area contributed by atoms with Crippen molar-refractivity contribution < 1.29 is 9.90 Å². The topological polar surface area (TPSA) is 52.6 Å². The minimum atomic E-state index is -0.769. The molecule has 0 amide bonds. The minimum absolute atomic E-state index is 0.178. The van der Waals surface area contributed by atoms with Gasteiger partial charge in [0.05, 0.1) is 4.99 Å². The first-order valence-corrected chi connectivity index (χ1v) is 6.20. The first-order chi connectivity index (χ1) is 7.10. The quantitative estimate of drug-likeness (QED) is 0.508. The first kappa shape index (κ1) is 14.7. The van der Waals surface area contributed by atoms with Gasteiger partial charge in [-0.05, 0) is 12.8 Å². The van der Waals surface area contributed by atoms with E-state index < -0.39 is 5.97 Å². The highest BCUT2D eigenvalue weighted by atomic mass is 32.2. The van der Waals surface area contributed by atoms with E-state index in [-0.39, 0.29) is 6.42 Å². The second-order valence-corrected chi connectivity index (χ2v) is 4.37. The zero-order chi connectivity index (χ0) is 11.7. The summed E-state index contributed by atoms with van der Waals surface area (Å²) in [6.07, 6.45) is 1.41. The fourth-order valence-corrected chi connectivity index (χ4v) is 1.77. The first-order valence-electron chi connectivity index (χ1n) is 5.02. The third-order valence-corrected chi connectivity index (χ3v) is 3.34. The predicted octanol–water partition coefficient (Wildman–Crippen LogP) is 2.06. The molecule has 0 spiro atoms. The fourth-order valence-electron chi connectivity index (χ4n) is 0.919. The van der Waals surface area contributed by atoms with Crippen molar-refractivity contribution in [3.05, 3.63) is 0 Å². The van der Waals surface area contributed by atoms with Crippen molar-refractivity contribution in [2.45, 2.75) is 33.1 Å². The number of carboxylic acids is 1. The number of nitrogens with zero attached hydrogens (tertiary/aromatic N) is 1. The molecule has 0 rings (SSSR count).